The number of aromatic amines is 1. The predicted octanol–water partition coefficient (Wildman–Crippen LogP) is 3.23. The summed E-state index contributed by atoms with van der Waals surface area (Å²) in [5.41, 5.74) is 3.74. The van der Waals surface area contributed by atoms with Crippen molar-refractivity contribution in [1.82, 2.24) is 15.3 Å². The van der Waals surface area contributed by atoms with Crippen LogP contribution >= 0.6 is 0 Å². The van der Waals surface area contributed by atoms with Gasteiger partial charge in [0, 0.05) is 13.0 Å². The normalized spacial score (nSPS) is 20.3. The van der Waals surface area contributed by atoms with Gasteiger partial charge in [0.05, 0.1) is 11.0 Å². The summed E-state index contributed by atoms with van der Waals surface area (Å²) in [5, 5.41) is 3.49. The molecule has 1 unspecified atom stereocenters. The number of fused-ring (bicyclic) bond motifs is 1. The number of benzene rings is 1. The van der Waals surface area contributed by atoms with Gasteiger partial charge in [-0.3, -0.25) is 0 Å². The van der Waals surface area contributed by atoms with E-state index in [0.29, 0.717) is 11.8 Å². The van der Waals surface area contributed by atoms with Crippen LogP contribution in [0.3, 0.4) is 0 Å². The molecule has 2 N–H and O–H groups in total. The highest BCUT2D eigenvalue weighted by atomic mass is 14.9. The number of H-pyrrole nitrogens is 1. The van der Waals surface area contributed by atoms with Crippen molar-refractivity contribution in [2.45, 2.75) is 39.0 Å². The molecule has 3 rings (SSSR count). The molecule has 102 valence electrons. The average Bonchev–Trinajstić information content (AvgIpc) is 2.79. The van der Waals surface area contributed by atoms with Crippen LogP contribution in [0.25, 0.3) is 11.0 Å². The molecule has 0 radical (unpaired) electrons. The number of hydrogen-bond donors (Lipinski definition) is 2. The van der Waals surface area contributed by atoms with E-state index < -0.39 is 0 Å². The first-order valence-corrected chi connectivity index (χ1v) is 7.41. The van der Waals surface area contributed by atoms with E-state index in [1.165, 1.54) is 30.5 Å². The number of nitrogens with one attached hydrogen (secondary N) is 2. The maximum Gasteiger partial charge on any atom is 0.107 e. The van der Waals surface area contributed by atoms with E-state index in [1.807, 2.05) is 0 Å². The zero-order valence-electron chi connectivity index (χ0n) is 11.9. The topological polar surface area (TPSA) is 40.7 Å². The molecular weight excluding hydrogens is 234 g/mol. The van der Waals surface area contributed by atoms with Gasteiger partial charge in [0.1, 0.15) is 5.82 Å². The standard InChI is InChI=1S/C16H23N3/c1-11(2)8-16-18-14-6-5-12(9-15(14)19-16)13-4-3-7-17-10-13/h5-6,9,11,13,17H,3-4,7-8,10H2,1-2H3,(H,18,19). The van der Waals surface area contributed by atoms with Gasteiger partial charge in [-0.1, -0.05) is 19.9 Å². The highest BCUT2D eigenvalue weighted by Crippen LogP contribution is 2.26. The van der Waals surface area contributed by atoms with Gasteiger partial charge in [-0.25, -0.2) is 4.98 Å². The fourth-order valence-corrected chi connectivity index (χ4v) is 2.95. The third-order valence-corrected chi connectivity index (χ3v) is 3.92. The summed E-state index contributed by atoms with van der Waals surface area (Å²) in [7, 11) is 0. The van der Waals surface area contributed by atoms with Gasteiger partial charge in [-0.05, 0) is 48.9 Å². The minimum Gasteiger partial charge on any atom is -0.342 e. The molecule has 1 aromatic heterocycles. The summed E-state index contributed by atoms with van der Waals surface area (Å²) in [4.78, 5) is 8.14. The van der Waals surface area contributed by atoms with Crippen LogP contribution in [0.5, 0.6) is 0 Å². The monoisotopic (exact) mass is 257 g/mol. The maximum atomic E-state index is 4.67. The number of aromatic nitrogens is 2. The van der Waals surface area contributed by atoms with Crippen molar-refractivity contribution in [3.8, 4) is 0 Å². The summed E-state index contributed by atoms with van der Waals surface area (Å²) >= 11 is 0. The van der Waals surface area contributed by atoms with Crippen molar-refractivity contribution >= 4 is 11.0 Å². The number of hydrogen-bond acceptors (Lipinski definition) is 2. The molecular formula is C16H23N3. The fraction of sp³-hybridized carbons (Fsp3) is 0.562. The first-order chi connectivity index (χ1) is 9.22. The molecule has 3 heteroatoms. The Morgan fingerprint density at radius 2 is 2.26 bits per heavy atom. The van der Waals surface area contributed by atoms with Gasteiger partial charge in [-0.2, -0.15) is 0 Å². The third-order valence-electron chi connectivity index (χ3n) is 3.92. The Labute approximate surface area is 114 Å². The van der Waals surface area contributed by atoms with Gasteiger partial charge in [0.15, 0.2) is 0 Å². The fourth-order valence-electron chi connectivity index (χ4n) is 2.95. The van der Waals surface area contributed by atoms with Crippen molar-refractivity contribution < 1.29 is 0 Å². The second kappa shape index (κ2) is 5.33. The molecule has 1 aliphatic rings. The highest BCUT2D eigenvalue weighted by Gasteiger charge is 2.16. The number of rotatable bonds is 3. The van der Waals surface area contributed by atoms with E-state index in [0.717, 1.165) is 24.3 Å². The van der Waals surface area contributed by atoms with E-state index >= 15 is 0 Å². The molecule has 0 amide bonds. The van der Waals surface area contributed by atoms with Crippen molar-refractivity contribution in [2.24, 2.45) is 5.92 Å². The van der Waals surface area contributed by atoms with E-state index in [4.69, 9.17) is 0 Å². The third kappa shape index (κ3) is 2.81. The summed E-state index contributed by atoms with van der Waals surface area (Å²) in [5.74, 6) is 2.42. The molecule has 1 aromatic carbocycles. The molecule has 2 aromatic rings. The van der Waals surface area contributed by atoms with Crippen molar-refractivity contribution in [3.63, 3.8) is 0 Å². The second-order valence-electron chi connectivity index (χ2n) is 6.10. The van der Waals surface area contributed by atoms with Crippen LogP contribution < -0.4 is 5.32 Å². The molecule has 3 nitrogen and oxygen atoms in total. The minimum atomic E-state index is 0.641. The molecule has 0 saturated carbocycles. The largest absolute Gasteiger partial charge is 0.342 e. The lowest BCUT2D eigenvalue weighted by atomic mass is 9.91. The van der Waals surface area contributed by atoms with Gasteiger partial charge < -0.3 is 10.3 Å². The van der Waals surface area contributed by atoms with Gasteiger partial charge in [-0.15, -0.1) is 0 Å². The Bertz CT molecular complexity index is 550. The van der Waals surface area contributed by atoms with E-state index in [2.05, 4.69) is 47.3 Å². The van der Waals surface area contributed by atoms with Crippen LogP contribution in [0.2, 0.25) is 0 Å². The maximum absolute atomic E-state index is 4.67. The molecule has 1 saturated heterocycles. The van der Waals surface area contributed by atoms with Gasteiger partial charge >= 0.3 is 0 Å². The average molecular weight is 257 g/mol. The Morgan fingerprint density at radius 1 is 1.37 bits per heavy atom. The Kier molecular flexibility index (Phi) is 3.56. The lowest BCUT2D eigenvalue weighted by Crippen LogP contribution is -2.28. The smallest absolute Gasteiger partial charge is 0.107 e. The quantitative estimate of drug-likeness (QED) is 0.886. The SMILES string of the molecule is CC(C)Cc1nc2ccc(C3CCCNC3)cc2[nH]1. The van der Waals surface area contributed by atoms with Crippen molar-refractivity contribution in [3.05, 3.63) is 29.6 Å². The van der Waals surface area contributed by atoms with E-state index in [-0.39, 0.29) is 0 Å². The molecule has 2 heterocycles. The molecule has 1 fully saturated rings. The van der Waals surface area contributed by atoms with Crippen molar-refractivity contribution in [1.29, 1.82) is 0 Å². The van der Waals surface area contributed by atoms with Crippen LogP contribution in [0.4, 0.5) is 0 Å². The first kappa shape index (κ1) is 12.7. The van der Waals surface area contributed by atoms with Crippen LogP contribution in [0.1, 0.15) is 44.0 Å². The summed E-state index contributed by atoms with van der Waals surface area (Å²) in [6.07, 6.45) is 3.60. The van der Waals surface area contributed by atoms with Crippen molar-refractivity contribution in [2.75, 3.05) is 13.1 Å². The Balaban J connectivity index is 1.87. The number of nitrogens with zero attached hydrogens (tertiary/aromatic N) is 1. The molecule has 1 atom stereocenters. The van der Waals surface area contributed by atoms with Crippen LogP contribution in [0, 0.1) is 5.92 Å². The Morgan fingerprint density at radius 3 is 3.00 bits per heavy atom. The number of piperidine rings is 1. The lowest BCUT2D eigenvalue weighted by molar-refractivity contribution is 0.462. The summed E-state index contributed by atoms with van der Waals surface area (Å²) < 4.78 is 0. The lowest BCUT2D eigenvalue weighted by Gasteiger charge is -2.22. The van der Waals surface area contributed by atoms with E-state index in [9.17, 15) is 0 Å². The van der Waals surface area contributed by atoms with Crippen LogP contribution in [0.15, 0.2) is 18.2 Å². The zero-order valence-corrected chi connectivity index (χ0v) is 11.9. The van der Waals surface area contributed by atoms with Crippen LogP contribution in [-0.4, -0.2) is 23.1 Å². The number of imidazole rings is 1. The summed E-state index contributed by atoms with van der Waals surface area (Å²) in [6, 6.07) is 6.71. The van der Waals surface area contributed by atoms with Gasteiger partial charge in [0.25, 0.3) is 0 Å². The minimum absolute atomic E-state index is 0.641. The van der Waals surface area contributed by atoms with Crippen LogP contribution in [-0.2, 0) is 6.42 Å². The Hall–Kier alpha value is -1.35. The summed E-state index contributed by atoms with van der Waals surface area (Å²) in [6.45, 7) is 6.73. The molecule has 0 spiro atoms. The highest BCUT2D eigenvalue weighted by molar-refractivity contribution is 5.76. The zero-order chi connectivity index (χ0) is 13.2. The molecule has 19 heavy (non-hydrogen) atoms. The van der Waals surface area contributed by atoms with E-state index in [1.54, 1.807) is 0 Å². The van der Waals surface area contributed by atoms with Gasteiger partial charge in [0.2, 0.25) is 0 Å². The molecule has 1 aliphatic heterocycles. The molecule has 0 aliphatic carbocycles. The first-order valence-electron chi connectivity index (χ1n) is 7.41. The second-order valence-corrected chi connectivity index (χ2v) is 6.10. The predicted molar refractivity (Wildman–Crippen MR) is 79.5 cm³/mol. The molecule has 0 bridgehead atoms.